The molecule has 84 valence electrons. The Balaban J connectivity index is 2.23. The van der Waals surface area contributed by atoms with Gasteiger partial charge in [-0.15, -0.1) is 22.9 Å². The summed E-state index contributed by atoms with van der Waals surface area (Å²) >= 11 is 7.77. The summed E-state index contributed by atoms with van der Waals surface area (Å²) in [4.78, 5) is 0.965. The molecule has 2 atom stereocenters. The van der Waals surface area contributed by atoms with Gasteiger partial charge in [0.05, 0.1) is 16.4 Å². The lowest BCUT2D eigenvalue weighted by Gasteiger charge is -2.25. The third-order valence-corrected chi connectivity index (χ3v) is 6.83. The zero-order valence-corrected chi connectivity index (χ0v) is 10.6. The molecule has 0 spiro atoms. The second kappa shape index (κ2) is 4.44. The molecular weight excluding hydrogens is 252 g/mol. The highest BCUT2D eigenvalue weighted by molar-refractivity contribution is 7.92. The van der Waals surface area contributed by atoms with E-state index in [1.807, 2.05) is 17.5 Å². The number of hydrogen-bond acceptors (Lipinski definition) is 3. The summed E-state index contributed by atoms with van der Waals surface area (Å²) in [5.74, 6) is 0.298. The van der Waals surface area contributed by atoms with Gasteiger partial charge in [0, 0.05) is 4.88 Å². The van der Waals surface area contributed by atoms with Crippen molar-refractivity contribution in [3.8, 4) is 0 Å². The van der Waals surface area contributed by atoms with Crippen LogP contribution in [0.3, 0.4) is 0 Å². The maximum absolute atomic E-state index is 11.8. The monoisotopic (exact) mass is 264 g/mol. The molecule has 1 aliphatic rings. The first-order valence-electron chi connectivity index (χ1n) is 5.00. The van der Waals surface area contributed by atoms with Gasteiger partial charge in [-0.1, -0.05) is 12.5 Å². The van der Waals surface area contributed by atoms with Gasteiger partial charge in [0.2, 0.25) is 0 Å². The summed E-state index contributed by atoms with van der Waals surface area (Å²) in [5, 5.41) is 1.18. The van der Waals surface area contributed by atoms with Crippen molar-refractivity contribution < 1.29 is 8.42 Å². The molecule has 0 N–H and O–H groups in total. The van der Waals surface area contributed by atoms with Gasteiger partial charge < -0.3 is 0 Å². The van der Waals surface area contributed by atoms with Gasteiger partial charge in [-0.25, -0.2) is 8.42 Å². The lowest BCUT2D eigenvalue weighted by atomic mass is 10.1. The molecule has 2 nitrogen and oxygen atoms in total. The Morgan fingerprint density at radius 2 is 2.27 bits per heavy atom. The third-order valence-electron chi connectivity index (χ3n) is 2.77. The Morgan fingerprint density at radius 3 is 2.87 bits per heavy atom. The molecule has 0 saturated carbocycles. The van der Waals surface area contributed by atoms with Gasteiger partial charge in [-0.05, 0) is 24.3 Å². The molecule has 5 heteroatoms. The fourth-order valence-corrected chi connectivity index (χ4v) is 5.56. The van der Waals surface area contributed by atoms with Crippen molar-refractivity contribution in [1.29, 1.82) is 0 Å². The minimum atomic E-state index is -2.97. The molecule has 1 aromatic heterocycles. The van der Waals surface area contributed by atoms with E-state index in [4.69, 9.17) is 11.6 Å². The van der Waals surface area contributed by atoms with Gasteiger partial charge in [-0.3, -0.25) is 0 Å². The highest BCUT2D eigenvalue weighted by atomic mass is 35.5. The molecule has 15 heavy (non-hydrogen) atoms. The van der Waals surface area contributed by atoms with E-state index in [2.05, 4.69) is 0 Å². The van der Waals surface area contributed by atoms with E-state index in [1.54, 1.807) is 0 Å². The topological polar surface area (TPSA) is 34.1 Å². The molecule has 1 aliphatic heterocycles. The van der Waals surface area contributed by atoms with Crippen LogP contribution in [0.25, 0.3) is 0 Å². The van der Waals surface area contributed by atoms with Crippen molar-refractivity contribution in [2.45, 2.75) is 29.9 Å². The first-order chi connectivity index (χ1) is 7.11. The Kier molecular flexibility index (Phi) is 3.38. The Hall–Kier alpha value is -0.0600. The van der Waals surface area contributed by atoms with Crippen molar-refractivity contribution in [3.05, 3.63) is 22.4 Å². The number of hydrogen-bond donors (Lipinski definition) is 0. The Bertz CT molecular complexity index is 411. The van der Waals surface area contributed by atoms with E-state index in [1.165, 1.54) is 11.3 Å². The fraction of sp³-hybridized carbons (Fsp3) is 0.600. The van der Waals surface area contributed by atoms with Crippen molar-refractivity contribution in [1.82, 2.24) is 0 Å². The average molecular weight is 265 g/mol. The van der Waals surface area contributed by atoms with Gasteiger partial charge in [0.1, 0.15) is 0 Å². The molecule has 2 unspecified atom stereocenters. The van der Waals surface area contributed by atoms with Crippen LogP contribution in [-0.4, -0.2) is 19.4 Å². The second-order valence-corrected chi connectivity index (χ2v) is 7.61. The number of sulfone groups is 1. The van der Waals surface area contributed by atoms with Crippen LogP contribution in [0.2, 0.25) is 0 Å². The van der Waals surface area contributed by atoms with Crippen LogP contribution < -0.4 is 0 Å². The van der Waals surface area contributed by atoms with E-state index in [-0.39, 0.29) is 10.6 Å². The quantitative estimate of drug-likeness (QED) is 0.770. The summed E-state index contributed by atoms with van der Waals surface area (Å²) in [6, 6.07) is 3.82. The third kappa shape index (κ3) is 2.37. The first kappa shape index (κ1) is 11.4. The van der Waals surface area contributed by atoms with Crippen LogP contribution in [-0.2, 0) is 9.84 Å². The second-order valence-electron chi connectivity index (χ2n) is 3.82. The smallest absolute Gasteiger partial charge is 0.154 e. The number of halogens is 1. The van der Waals surface area contributed by atoms with Gasteiger partial charge in [0.15, 0.2) is 9.84 Å². The van der Waals surface area contributed by atoms with Crippen molar-refractivity contribution in [2.24, 2.45) is 0 Å². The fourth-order valence-electron chi connectivity index (χ4n) is 1.94. The molecular formula is C10H13ClO2S2. The molecule has 2 rings (SSSR count). The SMILES string of the molecule is O=S1(=O)CCCCC1C(Cl)c1cccs1. The molecule has 0 aromatic carbocycles. The van der Waals surface area contributed by atoms with Crippen molar-refractivity contribution >= 4 is 32.8 Å². The van der Waals surface area contributed by atoms with Crippen LogP contribution >= 0.6 is 22.9 Å². The summed E-state index contributed by atoms with van der Waals surface area (Å²) in [6.45, 7) is 0. The van der Waals surface area contributed by atoms with E-state index >= 15 is 0 Å². The van der Waals surface area contributed by atoms with Gasteiger partial charge >= 0.3 is 0 Å². The average Bonchev–Trinajstić information content (AvgIpc) is 2.69. The van der Waals surface area contributed by atoms with E-state index in [0.717, 1.165) is 17.7 Å². The molecule has 0 amide bonds. The largest absolute Gasteiger partial charge is 0.228 e. The maximum atomic E-state index is 11.8. The van der Waals surface area contributed by atoms with Crippen LogP contribution in [0.1, 0.15) is 29.5 Å². The molecule has 0 aliphatic carbocycles. The van der Waals surface area contributed by atoms with Crippen molar-refractivity contribution in [3.63, 3.8) is 0 Å². The highest BCUT2D eigenvalue weighted by Gasteiger charge is 2.35. The van der Waals surface area contributed by atoms with Gasteiger partial charge in [-0.2, -0.15) is 0 Å². The van der Waals surface area contributed by atoms with Gasteiger partial charge in [0.25, 0.3) is 0 Å². The normalized spacial score (nSPS) is 27.4. The molecule has 1 aromatic rings. The molecule has 1 saturated heterocycles. The Morgan fingerprint density at radius 1 is 1.47 bits per heavy atom. The summed E-state index contributed by atoms with van der Waals surface area (Å²) in [6.07, 6.45) is 2.46. The summed E-state index contributed by atoms with van der Waals surface area (Å²) in [5.41, 5.74) is 0. The minimum Gasteiger partial charge on any atom is -0.228 e. The standard InChI is InChI=1S/C10H13ClO2S2/c11-10(8-4-3-6-14-8)9-5-1-2-7-15(9,12)13/h3-4,6,9-10H,1-2,5,7H2. The molecule has 0 bridgehead atoms. The number of alkyl halides is 1. The zero-order chi connectivity index (χ0) is 10.9. The molecule has 2 heterocycles. The zero-order valence-electron chi connectivity index (χ0n) is 8.23. The van der Waals surface area contributed by atoms with Crippen LogP contribution in [0.5, 0.6) is 0 Å². The molecule has 0 radical (unpaired) electrons. The lowest BCUT2D eigenvalue weighted by Crippen LogP contribution is -2.31. The minimum absolute atomic E-state index is 0.298. The maximum Gasteiger partial charge on any atom is 0.154 e. The van der Waals surface area contributed by atoms with E-state index in [9.17, 15) is 8.42 Å². The van der Waals surface area contributed by atoms with Crippen LogP contribution in [0, 0.1) is 0 Å². The predicted octanol–water partition coefficient (Wildman–Crippen LogP) is 3.00. The highest BCUT2D eigenvalue weighted by Crippen LogP contribution is 2.37. The summed E-state index contributed by atoms with van der Waals surface area (Å²) in [7, 11) is -2.97. The number of thiophene rings is 1. The van der Waals surface area contributed by atoms with Crippen LogP contribution in [0.15, 0.2) is 17.5 Å². The Labute approximate surface area is 99.2 Å². The summed E-state index contributed by atoms with van der Waals surface area (Å²) < 4.78 is 23.7. The van der Waals surface area contributed by atoms with E-state index in [0.29, 0.717) is 12.2 Å². The van der Waals surface area contributed by atoms with Crippen LogP contribution in [0.4, 0.5) is 0 Å². The van der Waals surface area contributed by atoms with E-state index < -0.39 is 9.84 Å². The van der Waals surface area contributed by atoms with Crippen molar-refractivity contribution in [2.75, 3.05) is 5.75 Å². The number of rotatable bonds is 2. The molecule has 1 fully saturated rings. The lowest BCUT2D eigenvalue weighted by molar-refractivity contribution is 0.535. The predicted molar refractivity (Wildman–Crippen MR) is 64.3 cm³/mol. The first-order valence-corrected chi connectivity index (χ1v) is 8.03.